The normalized spacial score (nSPS) is 11.7. The van der Waals surface area contributed by atoms with Gasteiger partial charge in [-0.25, -0.2) is 9.97 Å². The molecule has 6 heterocycles. The summed E-state index contributed by atoms with van der Waals surface area (Å²) in [6.45, 7) is 0. The molecule has 0 saturated carbocycles. The molecule has 60 heavy (non-hydrogen) atoms. The van der Waals surface area contributed by atoms with Gasteiger partial charge in [-0.15, -0.1) is 0 Å². The zero-order valence-electron chi connectivity index (χ0n) is 31.9. The molecule has 9 heteroatoms. The number of hydrogen-bond donors (Lipinski definition) is 3. The maximum Gasteiger partial charge on any atom is 0.269 e. The van der Waals surface area contributed by atoms with Crippen LogP contribution in [-0.2, 0) is 0 Å². The summed E-state index contributed by atoms with van der Waals surface area (Å²) in [5, 5.41) is 20.0. The number of nitro benzene ring substituents is 1. The Bertz CT molecular complexity index is 3310. The van der Waals surface area contributed by atoms with Crippen molar-refractivity contribution in [3.8, 4) is 78.4 Å². The number of fused-ring (bicyclic) bond motifs is 11. The Morgan fingerprint density at radius 2 is 0.817 bits per heavy atom. The van der Waals surface area contributed by atoms with E-state index in [9.17, 15) is 10.1 Å². The van der Waals surface area contributed by atoms with Gasteiger partial charge < -0.3 is 9.97 Å². The molecule has 0 saturated heterocycles. The lowest BCUT2D eigenvalue weighted by Gasteiger charge is -2.08. The first kappa shape index (κ1) is 34.8. The Labute approximate surface area is 343 Å². The molecule has 0 aliphatic carbocycles. The molecule has 284 valence electrons. The van der Waals surface area contributed by atoms with Crippen molar-refractivity contribution in [2.24, 2.45) is 0 Å². The largest absolute Gasteiger partial charge is 0.354 e. The second-order valence-corrected chi connectivity index (χ2v) is 14.7. The van der Waals surface area contributed by atoms with Crippen molar-refractivity contribution in [1.29, 1.82) is 0 Å². The van der Waals surface area contributed by atoms with Crippen LogP contribution >= 0.6 is 0 Å². The van der Waals surface area contributed by atoms with E-state index >= 15 is 0 Å². The van der Waals surface area contributed by atoms with Crippen LogP contribution in [0.5, 0.6) is 0 Å². The molecule has 4 aromatic heterocycles. The van der Waals surface area contributed by atoms with E-state index in [-0.39, 0.29) is 5.69 Å². The zero-order chi connectivity index (χ0) is 40.2. The van der Waals surface area contributed by atoms with E-state index in [0.29, 0.717) is 17.1 Å². The van der Waals surface area contributed by atoms with Crippen molar-refractivity contribution in [2.75, 3.05) is 0 Å². The van der Waals surface area contributed by atoms with E-state index in [2.05, 4.69) is 100 Å². The molecule has 3 N–H and O–H groups in total. The minimum Gasteiger partial charge on any atom is -0.354 e. The van der Waals surface area contributed by atoms with E-state index in [1.54, 1.807) is 12.1 Å². The number of H-pyrrole nitrogens is 3. The molecule has 0 atom stereocenters. The smallest absolute Gasteiger partial charge is 0.269 e. The molecule has 0 unspecified atom stereocenters. The summed E-state index contributed by atoms with van der Waals surface area (Å²) in [6, 6.07) is 56.1. The number of benzene rings is 5. The van der Waals surface area contributed by atoms with Crippen LogP contribution in [0.3, 0.4) is 0 Å². The van der Waals surface area contributed by atoms with Crippen molar-refractivity contribution in [2.45, 2.75) is 0 Å². The first-order chi connectivity index (χ1) is 29.6. The maximum absolute atomic E-state index is 11.7. The molecule has 2 aliphatic rings. The first-order valence-corrected chi connectivity index (χ1v) is 19.6. The highest BCUT2D eigenvalue weighted by atomic mass is 16.6. The molecule has 8 bridgehead atoms. The Morgan fingerprint density at radius 3 is 1.27 bits per heavy atom. The molecule has 11 rings (SSSR count). The Hall–Kier alpha value is -8.43. The van der Waals surface area contributed by atoms with Gasteiger partial charge in [0.1, 0.15) is 5.69 Å². The number of non-ortho nitro benzene ring substituents is 1. The molecular weight excluding hydrogens is 743 g/mol. The number of rotatable bonds is 6. The Balaban J connectivity index is 1.35. The third-order valence-electron chi connectivity index (χ3n) is 11.1. The Morgan fingerprint density at radius 1 is 0.400 bits per heavy atom. The van der Waals surface area contributed by atoms with E-state index in [0.717, 1.165) is 94.8 Å². The van der Waals surface area contributed by atoms with Gasteiger partial charge in [0.25, 0.3) is 5.69 Å². The average molecular weight is 776 g/mol. The third kappa shape index (κ3) is 5.83. The molecule has 0 radical (unpaired) electrons. The summed E-state index contributed by atoms with van der Waals surface area (Å²) in [5.41, 5.74) is 17.2. The van der Waals surface area contributed by atoms with E-state index in [1.807, 2.05) is 72.8 Å². The lowest BCUT2D eigenvalue weighted by Crippen LogP contribution is -1.90. The van der Waals surface area contributed by atoms with Crippen LogP contribution in [0.1, 0.15) is 11.4 Å². The standard InChI is InChI=1S/C51H33N7O2/c59-58(60)36-23-21-35(22-24-36)48-47-49-45(33-17-9-3-10-18-33)41-29-27-39(53-41)43(31-13-5-1-6-14-31)37-25-26-38(52-37)44(32-15-7-2-8-16-32)40-28-30-42(54-40)46(34-19-11-4-12-20-34)50(55-49)51(47)57-56-48/h1-30,53-54H,(H,56,57). The molecule has 9 nitrogen and oxygen atoms in total. The highest BCUT2D eigenvalue weighted by Gasteiger charge is 2.31. The molecule has 9 aromatic rings. The molecule has 5 aromatic carbocycles. The molecule has 0 amide bonds. The number of nitrogens with one attached hydrogen (secondary N) is 3. The summed E-state index contributed by atoms with van der Waals surface area (Å²) < 4.78 is 0. The minimum absolute atomic E-state index is 0.00518. The van der Waals surface area contributed by atoms with E-state index < -0.39 is 4.92 Å². The average Bonchev–Trinajstić information content (AvgIpc) is 4.16. The van der Waals surface area contributed by atoms with E-state index in [1.165, 1.54) is 12.1 Å². The van der Waals surface area contributed by atoms with Gasteiger partial charge in [-0.05, 0) is 70.8 Å². The second kappa shape index (κ2) is 14.2. The van der Waals surface area contributed by atoms with Crippen LogP contribution in [0, 0.1) is 10.1 Å². The fraction of sp³-hybridized carbons (Fsp3) is 0. The highest BCUT2D eigenvalue weighted by molar-refractivity contribution is 6.07. The summed E-state index contributed by atoms with van der Waals surface area (Å²) in [5.74, 6) is 0. The summed E-state index contributed by atoms with van der Waals surface area (Å²) in [4.78, 5) is 30.0. The summed E-state index contributed by atoms with van der Waals surface area (Å²) in [6.07, 6.45) is 4.20. The van der Waals surface area contributed by atoms with Gasteiger partial charge in [-0.3, -0.25) is 15.2 Å². The van der Waals surface area contributed by atoms with Crippen molar-refractivity contribution < 1.29 is 4.92 Å². The second-order valence-electron chi connectivity index (χ2n) is 14.7. The fourth-order valence-corrected chi connectivity index (χ4v) is 8.43. The van der Waals surface area contributed by atoms with Gasteiger partial charge in [-0.1, -0.05) is 121 Å². The first-order valence-electron chi connectivity index (χ1n) is 19.6. The van der Waals surface area contributed by atoms with Gasteiger partial charge in [0.2, 0.25) is 0 Å². The number of aromatic nitrogens is 6. The molecule has 2 aliphatic heterocycles. The quantitative estimate of drug-likeness (QED) is 0.114. The van der Waals surface area contributed by atoms with Crippen LogP contribution in [-0.4, -0.2) is 35.1 Å². The van der Waals surface area contributed by atoms with Gasteiger partial charge in [0.05, 0.1) is 39.0 Å². The zero-order valence-corrected chi connectivity index (χ0v) is 31.9. The number of hydrogen-bond acceptors (Lipinski definition) is 5. The van der Waals surface area contributed by atoms with Crippen LogP contribution < -0.4 is 0 Å². The van der Waals surface area contributed by atoms with Crippen molar-refractivity contribution in [3.63, 3.8) is 0 Å². The molecule has 0 fully saturated rings. The lowest BCUT2D eigenvalue weighted by molar-refractivity contribution is -0.384. The predicted molar refractivity (Wildman–Crippen MR) is 240 cm³/mol. The van der Waals surface area contributed by atoms with Crippen molar-refractivity contribution >= 4 is 39.9 Å². The Kier molecular flexibility index (Phi) is 8.23. The predicted octanol–water partition coefficient (Wildman–Crippen LogP) is 12.8. The summed E-state index contributed by atoms with van der Waals surface area (Å²) in [7, 11) is 0. The van der Waals surface area contributed by atoms with Crippen LogP contribution in [0.2, 0.25) is 0 Å². The van der Waals surface area contributed by atoms with Crippen LogP contribution in [0.4, 0.5) is 5.69 Å². The SMILES string of the molecule is O=[N+]([O-])c1ccc(-c2n[nH]c3c2-c2nc-3c(-c3ccccc3)c3ccc([nH]3)c(-c3ccccc3)c3nc(c(-c4ccccc4)c4ccc([nH]4)c2-c2ccccc2)C=C3)cc1. The van der Waals surface area contributed by atoms with Gasteiger partial charge in [0.15, 0.2) is 0 Å². The van der Waals surface area contributed by atoms with E-state index in [4.69, 9.17) is 15.1 Å². The number of nitro groups is 1. The van der Waals surface area contributed by atoms with Crippen molar-refractivity contribution in [3.05, 3.63) is 191 Å². The molecule has 0 spiro atoms. The summed E-state index contributed by atoms with van der Waals surface area (Å²) >= 11 is 0. The minimum atomic E-state index is -0.391. The lowest BCUT2D eigenvalue weighted by atomic mass is 9.96. The highest BCUT2D eigenvalue weighted by Crippen LogP contribution is 2.49. The monoisotopic (exact) mass is 775 g/mol. The third-order valence-corrected chi connectivity index (χ3v) is 11.1. The number of nitrogens with zero attached hydrogens (tertiary/aromatic N) is 4. The molecular formula is C51H33N7O2. The van der Waals surface area contributed by atoms with Crippen LogP contribution in [0.25, 0.3) is 113 Å². The maximum atomic E-state index is 11.7. The fourth-order valence-electron chi connectivity index (χ4n) is 8.43. The van der Waals surface area contributed by atoms with Crippen LogP contribution in [0.15, 0.2) is 170 Å². The number of aromatic amines is 3. The topological polar surface area (TPSA) is 129 Å². The van der Waals surface area contributed by atoms with Crippen molar-refractivity contribution in [1.82, 2.24) is 30.1 Å². The van der Waals surface area contributed by atoms with Gasteiger partial charge in [-0.2, -0.15) is 5.10 Å². The van der Waals surface area contributed by atoms with Gasteiger partial charge >= 0.3 is 0 Å². The van der Waals surface area contributed by atoms with Gasteiger partial charge in [0, 0.05) is 62.0 Å².